The summed E-state index contributed by atoms with van der Waals surface area (Å²) < 4.78 is 31.6. The van der Waals surface area contributed by atoms with Crippen LogP contribution in [-0.2, 0) is 22.8 Å². The number of aryl methyl sites for hydroxylation is 3. The van der Waals surface area contributed by atoms with Crippen LogP contribution in [0, 0.1) is 13.8 Å². The van der Waals surface area contributed by atoms with Crippen LogP contribution in [0.2, 0.25) is 5.02 Å². The zero-order valence-electron chi connectivity index (χ0n) is 13.9. The van der Waals surface area contributed by atoms with E-state index < -0.39 is 9.84 Å². The molecule has 0 N–H and O–H groups in total. The maximum atomic E-state index is 11.8. The molecule has 2 aromatic rings. The first-order chi connectivity index (χ1) is 11.3. The lowest BCUT2D eigenvalue weighted by Crippen LogP contribution is -2.17. The molecule has 1 aliphatic rings. The molecular weight excluding hydrogens is 350 g/mol. The number of benzene rings is 1. The number of aromatic nitrogens is 3. The molecule has 0 fully saturated rings. The van der Waals surface area contributed by atoms with E-state index in [2.05, 4.69) is 10.2 Å². The zero-order valence-corrected chi connectivity index (χ0v) is 15.5. The Morgan fingerprint density at radius 1 is 1.21 bits per heavy atom. The third-order valence-electron chi connectivity index (χ3n) is 4.20. The highest BCUT2D eigenvalue weighted by Gasteiger charge is 2.25. The molecule has 130 valence electrons. The molecule has 0 saturated heterocycles. The van der Waals surface area contributed by atoms with Crippen molar-refractivity contribution in [3.8, 4) is 5.75 Å². The molecule has 1 atom stereocenters. The van der Waals surface area contributed by atoms with Gasteiger partial charge in [-0.2, -0.15) is 0 Å². The van der Waals surface area contributed by atoms with Crippen molar-refractivity contribution >= 4 is 21.4 Å². The molecule has 1 aliphatic heterocycles. The number of hydrogen-bond donors (Lipinski definition) is 0. The largest absolute Gasteiger partial charge is 0.482 e. The van der Waals surface area contributed by atoms with E-state index in [0.29, 0.717) is 29.6 Å². The monoisotopic (exact) mass is 369 g/mol. The number of nitrogens with zero attached hydrogens (tertiary/aromatic N) is 3. The van der Waals surface area contributed by atoms with Crippen molar-refractivity contribution in [3.05, 3.63) is 39.9 Å². The van der Waals surface area contributed by atoms with E-state index in [0.717, 1.165) is 16.9 Å². The lowest BCUT2D eigenvalue weighted by atomic mass is 10.1. The van der Waals surface area contributed by atoms with Gasteiger partial charge in [-0.1, -0.05) is 11.6 Å². The third-order valence-corrected chi connectivity index (χ3v) is 6.05. The highest BCUT2D eigenvalue weighted by Crippen LogP contribution is 2.31. The predicted octanol–water partition coefficient (Wildman–Crippen LogP) is 2.66. The summed E-state index contributed by atoms with van der Waals surface area (Å²) in [6.45, 7) is 6.14. The van der Waals surface area contributed by atoms with Crippen LogP contribution in [0.15, 0.2) is 12.1 Å². The van der Waals surface area contributed by atoms with Crippen molar-refractivity contribution in [2.45, 2.75) is 39.8 Å². The molecule has 0 saturated carbocycles. The van der Waals surface area contributed by atoms with Crippen LogP contribution in [0.25, 0.3) is 0 Å². The SMILES string of the molecule is Cc1cc(Cl)cc(C)c1OC(C)c1nnc2n1CCS(=O)(=O)CC2. The van der Waals surface area contributed by atoms with E-state index in [1.807, 2.05) is 37.5 Å². The molecule has 1 aromatic carbocycles. The third kappa shape index (κ3) is 3.42. The van der Waals surface area contributed by atoms with Gasteiger partial charge in [0.2, 0.25) is 0 Å². The van der Waals surface area contributed by atoms with Gasteiger partial charge in [-0.3, -0.25) is 0 Å². The highest BCUT2D eigenvalue weighted by molar-refractivity contribution is 7.91. The Bertz CT molecular complexity index is 854. The summed E-state index contributed by atoms with van der Waals surface area (Å²) in [5.41, 5.74) is 1.90. The van der Waals surface area contributed by atoms with Gasteiger partial charge in [0, 0.05) is 18.0 Å². The first kappa shape index (κ1) is 17.2. The minimum atomic E-state index is -3.02. The number of hydrogen-bond acceptors (Lipinski definition) is 5. The maximum absolute atomic E-state index is 11.8. The van der Waals surface area contributed by atoms with E-state index in [-0.39, 0.29) is 17.6 Å². The fourth-order valence-corrected chi connectivity index (χ4v) is 4.46. The molecule has 0 bridgehead atoms. The van der Waals surface area contributed by atoms with Crippen LogP contribution < -0.4 is 4.74 Å². The van der Waals surface area contributed by atoms with Crippen LogP contribution in [0.5, 0.6) is 5.75 Å². The molecule has 1 aromatic heterocycles. The van der Waals surface area contributed by atoms with Gasteiger partial charge >= 0.3 is 0 Å². The Morgan fingerprint density at radius 2 is 1.88 bits per heavy atom. The van der Waals surface area contributed by atoms with Crippen molar-refractivity contribution in [1.29, 1.82) is 0 Å². The van der Waals surface area contributed by atoms with Crippen LogP contribution in [0.3, 0.4) is 0 Å². The van der Waals surface area contributed by atoms with E-state index in [9.17, 15) is 8.42 Å². The Labute approximate surface area is 146 Å². The quantitative estimate of drug-likeness (QED) is 0.831. The maximum Gasteiger partial charge on any atom is 0.173 e. The highest BCUT2D eigenvalue weighted by atomic mass is 35.5. The van der Waals surface area contributed by atoms with Gasteiger partial charge in [0.15, 0.2) is 21.8 Å². The van der Waals surface area contributed by atoms with Gasteiger partial charge in [-0.05, 0) is 44.0 Å². The topological polar surface area (TPSA) is 74.1 Å². The van der Waals surface area contributed by atoms with Gasteiger partial charge in [0.25, 0.3) is 0 Å². The fourth-order valence-electron chi connectivity index (χ4n) is 2.97. The molecule has 24 heavy (non-hydrogen) atoms. The van der Waals surface area contributed by atoms with E-state index in [4.69, 9.17) is 16.3 Å². The Hall–Kier alpha value is -1.60. The minimum absolute atomic E-state index is 0.108. The summed E-state index contributed by atoms with van der Waals surface area (Å²) in [5.74, 6) is 2.35. The first-order valence-corrected chi connectivity index (χ1v) is 10.0. The van der Waals surface area contributed by atoms with Gasteiger partial charge < -0.3 is 9.30 Å². The van der Waals surface area contributed by atoms with Crippen molar-refractivity contribution in [1.82, 2.24) is 14.8 Å². The number of ether oxygens (including phenoxy) is 1. The Balaban J connectivity index is 1.88. The number of sulfone groups is 1. The zero-order chi connectivity index (χ0) is 17.5. The smallest absolute Gasteiger partial charge is 0.173 e. The predicted molar refractivity (Wildman–Crippen MR) is 92.3 cm³/mol. The second-order valence-corrected chi connectivity index (χ2v) is 8.90. The average Bonchev–Trinajstić information content (AvgIpc) is 2.83. The summed E-state index contributed by atoms with van der Waals surface area (Å²) in [7, 11) is -3.02. The van der Waals surface area contributed by atoms with Crippen molar-refractivity contribution < 1.29 is 13.2 Å². The van der Waals surface area contributed by atoms with Crippen molar-refractivity contribution in [2.75, 3.05) is 11.5 Å². The number of rotatable bonds is 3. The molecule has 0 spiro atoms. The van der Waals surface area contributed by atoms with Crippen LogP contribution in [-0.4, -0.2) is 34.7 Å². The normalized spacial score (nSPS) is 17.8. The van der Waals surface area contributed by atoms with Crippen molar-refractivity contribution in [3.63, 3.8) is 0 Å². The molecule has 8 heteroatoms. The van der Waals surface area contributed by atoms with E-state index in [1.165, 1.54) is 0 Å². The number of halogens is 1. The Morgan fingerprint density at radius 3 is 2.54 bits per heavy atom. The van der Waals surface area contributed by atoms with Crippen LogP contribution in [0.1, 0.15) is 35.8 Å². The molecule has 6 nitrogen and oxygen atoms in total. The van der Waals surface area contributed by atoms with Gasteiger partial charge in [0.1, 0.15) is 11.6 Å². The summed E-state index contributed by atoms with van der Waals surface area (Å²) in [5, 5.41) is 9.05. The minimum Gasteiger partial charge on any atom is -0.482 e. The van der Waals surface area contributed by atoms with Crippen LogP contribution >= 0.6 is 11.6 Å². The standard InChI is InChI=1S/C16H20ClN3O3S/c1-10-8-13(17)9-11(2)15(10)23-12(3)16-19-18-14-4-6-24(21,22)7-5-20(14)16/h8-9,12H,4-7H2,1-3H3. The molecule has 1 unspecified atom stereocenters. The molecule has 0 aliphatic carbocycles. The Kier molecular flexibility index (Phi) is 4.57. The van der Waals surface area contributed by atoms with Gasteiger partial charge in [0.05, 0.1) is 11.5 Å². The summed E-state index contributed by atoms with van der Waals surface area (Å²) >= 11 is 6.06. The summed E-state index contributed by atoms with van der Waals surface area (Å²) in [6.07, 6.45) is 0.0479. The lowest BCUT2D eigenvalue weighted by molar-refractivity contribution is 0.207. The number of fused-ring (bicyclic) bond motifs is 1. The first-order valence-electron chi connectivity index (χ1n) is 7.82. The van der Waals surface area contributed by atoms with Gasteiger partial charge in [-0.15, -0.1) is 10.2 Å². The fraction of sp³-hybridized carbons (Fsp3) is 0.500. The van der Waals surface area contributed by atoms with Crippen LogP contribution in [0.4, 0.5) is 0 Å². The second-order valence-electron chi connectivity index (χ2n) is 6.16. The molecule has 0 amide bonds. The lowest BCUT2D eigenvalue weighted by Gasteiger charge is -2.19. The van der Waals surface area contributed by atoms with E-state index >= 15 is 0 Å². The van der Waals surface area contributed by atoms with Crippen molar-refractivity contribution in [2.24, 2.45) is 0 Å². The molecule has 0 radical (unpaired) electrons. The molecule has 3 rings (SSSR count). The summed E-state index contributed by atoms with van der Waals surface area (Å²) in [6, 6.07) is 3.71. The summed E-state index contributed by atoms with van der Waals surface area (Å²) in [4.78, 5) is 0. The average molecular weight is 370 g/mol. The molecule has 2 heterocycles. The molecular formula is C16H20ClN3O3S. The van der Waals surface area contributed by atoms with E-state index in [1.54, 1.807) is 0 Å². The second kappa shape index (κ2) is 6.37. The van der Waals surface area contributed by atoms with Gasteiger partial charge in [-0.25, -0.2) is 8.42 Å².